The van der Waals surface area contributed by atoms with E-state index in [-0.39, 0.29) is 13.0 Å². The summed E-state index contributed by atoms with van der Waals surface area (Å²) in [6, 6.07) is 4.37. The third-order valence-electron chi connectivity index (χ3n) is 2.96. The number of aliphatic hydroxyl groups excluding tert-OH is 1. The second kappa shape index (κ2) is 7.49. The van der Waals surface area contributed by atoms with Crippen molar-refractivity contribution >= 4 is 11.9 Å². The number of hydrogen-bond acceptors (Lipinski definition) is 4. The van der Waals surface area contributed by atoms with Gasteiger partial charge in [-0.3, -0.25) is 4.79 Å². The lowest BCUT2D eigenvalue weighted by molar-refractivity contribution is -0.143. The Morgan fingerprint density at radius 1 is 1.35 bits per heavy atom. The highest BCUT2D eigenvalue weighted by Gasteiger charge is 2.18. The third kappa shape index (κ3) is 4.55. The maximum absolute atomic E-state index is 11.5. The number of benzene rings is 1. The first kappa shape index (κ1) is 16.0. The average Bonchev–Trinajstić information content (AvgIpc) is 2.40. The van der Waals surface area contributed by atoms with Crippen LogP contribution >= 0.6 is 0 Å². The van der Waals surface area contributed by atoms with E-state index in [1.807, 2.05) is 32.0 Å². The van der Waals surface area contributed by atoms with Gasteiger partial charge in [-0.15, -0.1) is 0 Å². The maximum Gasteiger partial charge on any atom is 0.328 e. The molecule has 1 rings (SSSR count). The molecule has 110 valence electrons. The Bertz CT molecular complexity index is 486. The monoisotopic (exact) mass is 281 g/mol. The molecule has 0 aliphatic heterocycles. The number of aliphatic carboxylic acids is 1. The number of nitrogens with one attached hydrogen (secondary N) is 1. The second-order valence-electron chi connectivity index (χ2n) is 4.44. The van der Waals surface area contributed by atoms with Crippen molar-refractivity contribution in [3.8, 4) is 5.75 Å². The highest BCUT2D eigenvalue weighted by atomic mass is 16.5. The highest BCUT2D eigenvalue weighted by Crippen LogP contribution is 2.20. The van der Waals surface area contributed by atoms with Crippen LogP contribution in [0.1, 0.15) is 17.5 Å². The van der Waals surface area contributed by atoms with Crippen LogP contribution in [0.5, 0.6) is 5.75 Å². The van der Waals surface area contributed by atoms with Gasteiger partial charge in [-0.1, -0.05) is 12.1 Å². The van der Waals surface area contributed by atoms with E-state index in [4.69, 9.17) is 14.9 Å². The number of aryl methyl sites for hydroxylation is 1. The van der Waals surface area contributed by atoms with Gasteiger partial charge >= 0.3 is 5.97 Å². The molecule has 0 spiro atoms. The van der Waals surface area contributed by atoms with Crippen LogP contribution in [-0.2, 0) is 9.59 Å². The average molecular weight is 281 g/mol. The summed E-state index contributed by atoms with van der Waals surface area (Å²) < 4.78 is 5.49. The fraction of sp³-hybridized carbons (Fsp3) is 0.429. The van der Waals surface area contributed by atoms with Crippen molar-refractivity contribution in [2.75, 3.05) is 13.2 Å². The Hall–Kier alpha value is -2.08. The maximum atomic E-state index is 11.5. The quantitative estimate of drug-likeness (QED) is 0.681. The summed E-state index contributed by atoms with van der Waals surface area (Å²) in [6.07, 6.45) is 0.0250. The van der Waals surface area contributed by atoms with Crippen LogP contribution in [0.25, 0.3) is 0 Å². The molecule has 0 aliphatic carbocycles. The Morgan fingerprint density at radius 2 is 2.05 bits per heavy atom. The van der Waals surface area contributed by atoms with Gasteiger partial charge in [0.05, 0.1) is 19.6 Å². The Labute approximate surface area is 117 Å². The number of hydrogen-bond donors (Lipinski definition) is 3. The first-order valence-corrected chi connectivity index (χ1v) is 6.27. The van der Waals surface area contributed by atoms with Crippen LogP contribution in [0.2, 0.25) is 0 Å². The molecule has 0 aliphatic rings. The molecule has 1 aromatic carbocycles. The van der Waals surface area contributed by atoms with E-state index < -0.39 is 24.5 Å². The molecular formula is C14H19NO5. The molecule has 0 heterocycles. The van der Waals surface area contributed by atoms with Crippen molar-refractivity contribution in [1.29, 1.82) is 0 Å². The lowest BCUT2D eigenvalue weighted by Crippen LogP contribution is -2.43. The molecule has 0 saturated heterocycles. The first-order valence-electron chi connectivity index (χ1n) is 6.27. The van der Waals surface area contributed by atoms with Crippen molar-refractivity contribution in [2.45, 2.75) is 26.3 Å². The minimum atomic E-state index is -1.27. The first-order chi connectivity index (χ1) is 9.45. The lowest BCUT2D eigenvalue weighted by atomic mass is 10.1. The standard InChI is InChI=1S/C14H19NO5/c1-9-4-3-5-12(10(9)2)20-7-6-13(17)15-11(8-16)14(18)19/h3-5,11,16H,6-8H2,1-2H3,(H,15,17)(H,18,19). The lowest BCUT2D eigenvalue weighted by Gasteiger charge is -2.13. The summed E-state index contributed by atoms with van der Waals surface area (Å²) >= 11 is 0. The molecule has 0 radical (unpaired) electrons. The third-order valence-corrected chi connectivity index (χ3v) is 2.96. The fourth-order valence-electron chi connectivity index (χ4n) is 1.59. The summed E-state index contributed by atoms with van der Waals surface area (Å²) in [4.78, 5) is 22.1. The summed E-state index contributed by atoms with van der Waals surface area (Å²) in [6.45, 7) is 3.40. The SMILES string of the molecule is Cc1cccc(OCCC(=O)NC(CO)C(=O)O)c1C. The van der Waals surface area contributed by atoms with E-state index in [0.717, 1.165) is 11.1 Å². The molecule has 0 bridgehead atoms. The van der Waals surface area contributed by atoms with Crippen LogP contribution in [0.15, 0.2) is 18.2 Å². The van der Waals surface area contributed by atoms with Crippen LogP contribution in [0.4, 0.5) is 0 Å². The van der Waals surface area contributed by atoms with E-state index >= 15 is 0 Å². The number of carbonyl (C=O) groups excluding carboxylic acids is 1. The zero-order valence-corrected chi connectivity index (χ0v) is 11.5. The zero-order chi connectivity index (χ0) is 15.1. The van der Waals surface area contributed by atoms with Crippen molar-refractivity contribution in [1.82, 2.24) is 5.32 Å². The molecule has 6 nitrogen and oxygen atoms in total. The topological polar surface area (TPSA) is 95.9 Å². The number of ether oxygens (including phenoxy) is 1. The fourth-order valence-corrected chi connectivity index (χ4v) is 1.59. The predicted molar refractivity (Wildman–Crippen MR) is 72.7 cm³/mol. The number of rotatable bonds is 7. The van der Waals surface area contributed by atoms with Gasteiger partial charge in [-0.25, -0.2) is 4.79 Å². The summed E-state index contributed by atoms with van der Waals surface area (Å²) in [5, 5.41) is 19.7. The molecule has 1 atom stereocenters. The number of carbonyl (C=O) groups is 2. The molecule has 1 amide bonds. The highest BCUT2D eigenvalue weighted by molar-refractivity contribution is 5.83. The van der Waals surface area contributed by atoms with Gasteiger partial charge in [0.25, 0.3) is 0 Å². The van der Waals surface area contributed by atoms with Crippen LogP contribution in [0.3, 0.4) is 0 Å². The van der Waals surface area contributed by atoms with Gasteiger partial charge in [0.15, 0.2) is 0 Å². The number of carboxylic acids is 1. The molecule has 0 fully saturated rings. The van der Waals surface area contributed by atoms with Gasteiger partial charge in [-0.05, 0) is 31.0 Å². The molecule has 20 heavy (non-hydrogen) atoms. The van der Waals surface area contributed by atoms with Gasteiger partial charge in [0.1, 0.15) is 11.8 Å². The normalized spacial score (nSPS) is 11.8. The van der Waals surface area contributed by atoms with E-state index in [9.17, 15) is 9.59 Å². The largest absolute Gasteiger partial charge is 0.493 e. The summed E-state index contributed by atoms with van der Waals surface area (Å²) in [5.74, 6) is -1.04. The Kier molecular flexibility index (Phi) is 5.99. The van der Waals surface area contributed by atoms with Crippen LogP contribution in [-0.4, -0.2) is 41.3 Å². The molecule has 6 heteroatoms. The second-order valence-corrected chi connectivity index (χ2v) is 4.44. The van der Waals surface area contributed by atoms with Gasteiger partial charge in [0.2, 0.25) is 5.91 Å². The van der Waals surface area contributed by atoms with E-state index in [1.165, 1.54) is 0 Å². The van der Waals surface area contributed by atoms with Crippen LogP contribution < -0.4 is 10.1 Å². The smallest absolute Gasteiger partial charge is 0.328 e. The van der Waals surface area contributed by atoms with Crippen molar-refractivity contribution in [3.63, 3.8) is 0 Å². The van der Waals surface area contributed by atoms with Crippen molar-refractivity contribution in [2.24, 2.45) is 0 Å². The predicted octanol–water partition coefficient (Wildman–Crippen LogP) is 0.634. The van der Waals surface area contributed by atoms with Crippen molar-refractivity contribution in [3.05, 3.63) is 29.3 Å². The summed E-state index contributed by atoms with van der Waals surface area (Å²) in [5.41, 5.74) is 2.10. The van der Waals surface area contributed by atoms with Crippen molar-refractivity contribution < 1.29 is 24.5 Å². The molecule has 1 unspecified atom stereocenters. The van der Waals surface area contributed by atoms with Crippen LogP contribution in [0, 0.1) is 13.8 Å². The number of aliphatic hydroxyl groups is 1. The van der Waals surface area contributed by atoms with E-state index in [2.05, 4.69) is 5.32 Å². The number of amides is 1. The molecule has 1 aromatic rings. The Morgan fingerprint density at radius 3 is 2.65 bits per heavy atom. The van der Waals surface area contributed by atoms with Gasteiger partial charge in [0, 0.05) is 0 Å². The summed E-state index contributed by atoms with van der Waals surface area (Å²) in [7, 11) is 0. The van der Waals surface area contributed by atoms with E-state index in [1.54, 1.807) is 0 Å². The molecule has 3 N–H and O–H groups in total. The molecular weight excluding hydrogens is 262 g/mol. The minimum absolute atomic E-state index is 0.0250. The minimum Gasteiger partial charge on any atom is -0.493 e. The molecule has 0 aromatic heterocycles. The number of carboxylic acid groups (broad SMARTS) is 1. The zero-order valence-electron chi connectivity index (χ0n) is 11.5. The Balaban J connectivity index is 2.42. The van der Waals surface area contributed by atoms with Gasteiger partial charge < -0.3 is 20.3 Å². The van der Waals surface area contributed by atoms with Gasteiger partial charge in [-0.2, -0.15) is 0 Å². The molecule has 0 saturated carbocycles. The van der Waals surface area contributed by atoms with E-state index in [0.29, 0.717) is 5.75 Å².